The third kappa shape index (κ3) is 4.00. The Kier molecular flexibility index (Phi) is 4.89. The Morgan fingerprint density at radius 1 is 1.48 bits per heavy atom. The zero-order valence-electron chi connectivity index (χ0n) is 12.6. The summed E-state index contributed by atoms with van der Waals surface area (Å²) in [5, 5.41) is 22.5. The number of nitro groups is 1. The van der Waals surface area contributed by atoms with Crippen molar-refractivity contribution in [2.75, 3.05) is 0 Å². The summed E-state index contributed by atoms with van der Waals surface area (Å²) < 4.78 is 3.63. The summed E-state index contributed by atoms with van der Waals surface area (Å²) in [4.78, 5) is 22.0. The molecule has 0 bridgehead atoms. The minimum atomic E-state index is -0.559. The largest absolute Gasteiger partial charge is 0.390 e. The fourth-order valence-electron chi connectivity index (χ4n) is 1.75. The highest BCUT2D eigenvalue weighted by atomic mass is 79.9. The van der Waals surface area contributed by atoms with Crippen molar-refractivity contribution in [1.82, 2.24) is 25.0 Å². The van der Waals surface area contributed by atoms with Gasteiger partial charge in [-0.2, -0.15) is 14.9 Å². The molecular weight excluding hydrogens is 370 g/mol. The van der Waals surface area contributed by atoms with Crippen LogP contribution >= 0.6 is 15.9 Å². The van der Waals surface area contributed by atoms with E-state index in [0.29, 0.717) is 16.0 Å². The minimum absolute atomic E-state index is 0.224. The molecule has 0 unspecified atom stereocenters. The van der Waals surface area contributed by atoms with Crippen molar-refractivity contribution < 1.29 is 9.72 Å². The maximum absolute atomic E-state index is 11.9. The molecule has 2 aromatic heterocycles. The van der Waals surface area contributed by atoms with Gasteiger partial charge in [0, 0.05) is 13.1 Å². The molecule has 0 aliphatic heterocycles. The molecule has 10 nitrogen and oxygen atoms in total. The van der Waals surface area contributed by atoms with Crippen LogP contribution in [0.15, 0.2) is 21.8 Å². The van der Waals surface area contributed by atoms with Gasteiger partial charge in [0.25, 0.3) is 5.91 Å². The average molecular weight is 384 g/mol. The zero-order valence-corrected chi connectivity index (χ0v) is 14.2. The summed E-state index contributed by atoms with van der Waals surface area (Å²) in [6, 6.07) is 2.94. The Bertz CT molecular complexity index is 773. The molecule has 2 aromatic rings. The quantitative estimate of drug-likeness (QED) is 0.475. The maximum Gasteiger partial charge on any atom is 0.390 e. The number of hydrogen-bond acceptors (Lipinski definition) is 6. The maximum atomic E-state index is 11.9. The Labute approximate surface area is 139 Å². The van der Waals surface area contributed by atoms with Crippen LogP contribution in [0.2, 0.25) is 0 Å². The smallest absolute Gasteiger partial charge is 0.358 e. The molecule has 11 heteroatoms. The molecule has 0 saturated heterocycles. The van der Waals surface area contributed by atoms with E-state index in [2.05, 4.69) is 36.7 Å². The Morgan fingerprint density at radius 3 is 2.70 bits per heavy atom. The molecule has 0 atom stereocenters. The molecule has 122 valence electrons. The number of amides is 1. The summed E-state index contributed by atoms with van der Waals surface area (Å²) in [6.07, 6.45) is 0. The summed E-state index contributed by atoms with van der Waals surface area (Å²) in [5.74, 6) is -0.675. The zero-order chi connectivity index (χ0) is 17.1. The topological polar surface area (TPSA) is 120 Å². The predicted molar refractivity (Wildman–Crippen MR) is 85.1 cm³/mol. The standard InChI is InChI=1S/C12H14BrN7O3/c1-7(6-19-8(2)4-11(17-19)20(22)23)14-15-12(21)9-5-10(13)18(3)16-9/h4-5H,6H2,1-3H3,(H,15,21)/b14-7-. The van der Waals surface area contributed by atoms with Gasteiger partial charge in [-0.25, -0.2) is 5.43 Å². The van der Waals surface area contributed by atoms with Crippen molar-refractivity contribution in [3.8, 4) is 0 Å². The van der Waals surface area contributed by atoms with E-state index in [4.69, 9.17) is 0 Å². The first-order valence-electron chi connectivity index (χ1n) is 6.50. The van der Waals surface area contributed by atoms with E-state index < -0.39 is 10.8 Å². The van der Waals surface area contributed by atoms with Crippen LogP contribution in [0.25, 0.3) is 0 Å². The second-order valence-corrected chi connectivity index (χ2v) is 5.64. The molecule has 0 radical (unpaired) electrons. The first kappa shape index (κ1) is 16.8. The normalized spacial score (nSPS) is 11.6. The number of hydrogen-bond donors (Lipinski definition) is 1. The first-order chi connectivity index (χ1) is 10.8. The van der Waals surface area contributed by atoms with E-state index in [1.807, 2.05) is 0 Å². The number of hydrazone groups is 1. The minimum Gasteiger partial charge on any atom is -0.358 e. The highest BCUT2D eigenvalue weighted by Gasteiger charge is 2.16. The van der Waals surface area contributed by atoms with Crippen LogP contribution in [-0.4, -0.2) is 36.1 Å². The molecule has 0 fully saturated rings. The van der Waals surface area contributed by atoms with E-state index in [-0.39, 0.29) is 18.1 Å². The van der Waals surface area contributed by atoms with E-state index in [9.17, 15) is 14.9 Å². The molecule has 2 rings (SSSR count). The molecule has 1 amide bonds. The van der Waals surface area contributed by atoms with Crippen LogP contribution in [0.4, 0.5) is 5.82 Å². The van der Waals surface area contributed by atoms with Crippen molar-refractivity contribution in [1.29, 1.82) is 0 Å². The van der Waals surface area contributed by atoms with Crippen molar-refractivity contribution in [3.63, 3.8) is 0 Å². The van der Waals surface area contributed by atoms with Crippen LogP contribution in [-0.2, 0) is 13.6 Å². The van der Waals surface area contributed by atoms with Crippen LogP contribution in [0.5, 0.6) is 0 Å². The van der Waals surface area contributed by atoms with E-state index in [0.717, 1.165) is 0 Å². The SMILES string of the molecule is C/C(Cn1nc([N+](=O)[O-])cc1C)=N/NC(=O)c1cc(Br)n(C)n1. The van der Waals surface area contributed by atoms with Gasteiger partial charge in [-0.05, 0) is 34.7 Å². The molecule has 0 aliphatic rings. The van der Waals surface area contributed by atoms with Gasteiger partial charge >= 0.3 is 5.82 Å². The summed E-state index contributed by atoms with van der Waals surface area (Å²) >= 11 is 3.25. The number of rotatable bonds is 5. The third-order valence-electron chi connectivity index (χ3n) is 2.94. The monoisotopic (exact) mass is 383 g/mol. The first-order valence-corrected chi connectivity index (χ1v) is 7.29. The van der Waals surface area contributed by atoms with Gasteiger partial charge < -0.3 is 10.1 Å². The predicted octanol–water partition coefficient (Wildman–Crippen LogP) is 1.40. The fraction of sp³-hybridized carbons (Fsp3) is 0.333. The molecule has 0 spiro atoms. The molecule has 0 aliphatic carbocycles. The Hall–Kier alpha value is -2.56. The molecule has 0 aromatic carbocycles. The Morgan fingerprint density at radius 2 is 2.17 bits per heavy atom. The van der Waals surface area contributed by atoms with Gasteiger partial charge in [0.15, 0.2) is 5.69 Å². The number of aryl methyl sites for hydroxylation is 2. The lowest BCUT2D eigenvalue weighted by molar-refractivity contribution is -0.389. The van der Waals surface area contributed by atoms with Crippen molar-refractivity contribution in [3.05, 3.63) is 38.2 Å². The third-order valence-corrected chi connectivity index (χ3v) is 3.68. The van der Waals surface area contributed by atoms with Crippen LogP contribution in [0.1, 0.15) is 23.1 Å². The number of halogens is 1. The van der Waals surface area contributed by atoms with Gasteiger partial charge in [-0.15, -0.1) is 0 Å². The van der Waals surface area contributed by atoms with E-state index in [1.165, 1.54) is 15.4 Å². The van der Waals surface area contributed by atoms with Crippen LogP contribution < -0.4 is 5.43 Å². The summed E-state index contributed by atoms with van der Waals surface area (Å²) in [5.41, 5.74) is 3.78. The van der Waals surface area contributed by atoms with Crippen molar-refractivity contribution >= 4 is 33.4 Å². The van der Waals surface area contributed by atoms with Crippen molar-refractivity contribution in [2.45, 2.75) is 20.4 Å². The number of carbonyl (C=O) groups is 1. The number of carbonyl (C=O) groups excluding carboxylic acids is 1. The van der Waals surface area contributed by atoms with E-state index in [1.54, 1.807) is 27.0 Å². The van der Waals surface area contributed by atoms with Gasteiger partial charge in [-0.1, -0.05) is 0 Å². The number of nitrogens with one attached hydrogen (secondary N) is 1. The number of aromatic nitrogens is 4. The van der Waals surface area contributed by atoms with E-state index >= 15 is 0 Å². The number of nitrogens with zero attached hydrogens (tertiary/aromatic N) is 6. The fourth-order valence-corrected chi connectivity index (χ4v) is 2.05. The van der Waals surface area contributed by atoms with Crippen molar-refractivity contribution in [2.24, 2.45) is 12.1 Å². The van der Waals surface area contributed by atoms with Gasteiger partial charge in [0.2, 0.25) is 0 Å². The molecule has 2 heterocycles. The second-order valence-electron chi connectivity index (χ2n) is 4.82. The lowest BCUT2D eigenvalue weighted by atomic mass is 10.4. The van der Waals surface area contributed by atoms with Crippen LogP contribution in [0.3, 0.4) is 0 Å². The molecule has 0 saturated carbocycles. The second kappa shape index (κ2) is 6.69. The van der Waals surface area contributed by atoms with Gasteiger partial charge in [0.1, 0.15) is 11.1 Å². The Balaban J connectivity index is 2.03. The molecular formula is C12H14BrN7O3. The highest BCUT2D eigenvalue weighted by Crippen LogP contribution is 2.11. The molecule has 1 N–H and O–H groups in total. The molecule has 23 heavy (non-hydrogen) atoms. The summed E-state index contributed by atoms with van der Waals surface area (Å²) in [7, 11) is 1.70. The van der Waals surface area contributed by atoms with Crippen LogP contribution in [0, 0.1) is 17.0 Å². The van der Waals surface area contributed by atoms with Gasteiger partial charge in [0.05, 0.1) is 22.6 Å². The lowest BCUT2D eigenvalue weighted by Crippen LogP contribution is -2.21. The highest BCUT2D eigenvalue weighted by molar-refractivity contribution is 9.10. The summed E-state index contributed by atoms with van der Waals surface area (Å²) in [6.45, 7) is 3.62. The average Bonchev–Trinajstić information content (AvgIpc) is 3.00. The lowest BCUT2D eigenvalue weighted by Gasteiger charge is -2.01. The van der Waals surface area contributed by atoms with Gasteiger partial charge in [-0.3, -0.25) is 9.48 Å².